The minimum atomic E-state index is -0.358. The number of allylic oxidation sites excluding steroid dienone is 2. The summed E-state index contributed by atoms with van der Waals surface area (Å²) in [7, 11) is 0. The predicted octanol–water partition coefficient (Wildman–Crippen LogP) is 4.20. The fourth-order valence-electron chi connectivity index (χ4n) is 6.40. The summed E-state index contributed by atoms with van der Waals surface area (Å²) >= 11 is 0. The van der Waals surface area contributed by atoms with Crippen molar-refractivity contribution in [2.45, 2.75) is 59.0 Å². The van der Waals surface area contributed by atoms with Crippen LogP contribution in [0.25, 0.3) is 0 Å². The third kappa shape index (κ3) is 2.01. The lowest BCUT2D eigenvalue weighted by Gasteiger charge is -2.43. The number of hydrogen-bond donors (Lipinski definition) is 0. The Hall–Kier alpha value is -0.790. The van der Waals surface area contributed by atoms with Gasteiger partial charge in [-0.05, 0) is 81.0 Å². The first-order chi connectivity index (χ1) is 9.77. The molecule has 116 valence electrons. The molecule has 4 aliphatic carbocycles. The van der Waals surface area contributed by atoms with Gasteiger partial charge >= 0.3 is 5.97 Å². The maximum atomic E-state index is 12.3. The first-order valence-corrected chi connectivity index (χ1v) is 8.67. The second-order valence-electron chi connectivity index (χ2n) is 9.33. The first kappa shape index (κ1) is 13.8. The minimum Gasteiger partial charge on any atom is -0.460 e. The van der Waals surface area contributed by atoms with Crippen molar-refractivity contribution in [3.8, 4) is 0 Å². The Kier molecular flexibility index (Phi) is 2.73. The van der Waals surface area contributed by atoms with Crippen LogP contribution >= 0.6 is 0 Å². The molecule has 3 fully saturated rings. The van der Waals surface area contributed by atoms with Crippen LogP contribution in [0.5, 0.6) is 0 Å². The molecule has 2 heteroatoms. The monoisotopic (exact) mass is 288 g/mol. The van der Waals surface area contributed by atoms with E-state index in [1.807, 2.05) is 20.8 Å². The number of carbonyl (C=O) groups excluding carboxylic acids is 1. The Morgan fingerprint density at radius 1 is 1.19 bits per heavy atom. The Labute approximate surface area is 128 Å². The molecule has 2 nitrogen and oxygen atoms in total. The van der Waals surface area contributed by atoms with Gasteiger partial charge in [0.15, 0.2) is 0 Å². The van der Waals surface area contributed by atoms with E-state index in [0.29, 0.717) is 6.42 Å². The highest BCUT2D eigenvalue weighted by molar-refractivity contribution is 5.71. The highest BCUT2D eigenvalue weighted by atomic mass is 16.6. The average molecular weight is 288 g/mol. The second-order valence-corrected chi connectivity index (χ2v) is 9.33. The van der Waals surface area contributed by atoms with Gasteiger partial charge in [-0.2, -0.15) is 0 Å². The summed E-state index contributed by atoms with van der Waals surface area (Å²) in [6.07, 6.45) is 9.58. The molecular weight excluding hydrogens is 260 g/mol. The van der Waals surface area contributed by atoms with Crippen molar-refractivity contribution in [3.63, 3.8) is 0 Å². The van der Waals surface area contributed by atoms with Crippen LogP contribution in [0.2, 0.25) is 0 Å². The second kappa shape index (κ2) is 4.14. The van der Waals surface area contributed by atoms with Crippen molar-refractivity contribution in [1.29, 1.82) is 0 Å². The minimum absolute atomic E-state index is 0.00722. The summed E-state index contributed by atoms with van der Waals surface area (Å²) in [6, 6.07) is 0. The molecule has 21 heavy (non-hydrogen) atoms. The molecular formula is C19H28O2. The lowest BCUT2D eigenvalue weighted by Crippen LogP contribution is -2.39. The van der Waals surface area contributed by atoms with Gasteiger partial charge in [0, 0.05) is 0 Å². The van der Waals surface area contributed by atoms with Crippen LogP contribution < -0.4 is 0 Å². The van der Waals surface area contributed by atoms with Crippen molar-refractivity contribution < 1.29 is 9.53 Å². The van der Waals surface area contributed by atoms with E-state index in [-0.39, 0.29) is 17.0 Å². The number of hydrogen-bond acceptors (Lipinski definition) is 2. The Bertz CT molecular complexity index is 500. The molecule has 4 aliphatic rings. The van der Waals surface area contributed by atoms with Crippen LogP contribution in [0.3, 0.4) is 0 Å². The van der Waals surface area contributed by atoms with Gasteiger partial charge in [0.1, 0.15) is 5.60 Å². The molecule has 0 radical (unpaired) electrons. The lowest BCUT2D eigenvalue weighted by molar-refractivity contribution is -0.159. The SMILES string of the molecule is CC(C)(C)OC(=O)CC1(C)CC2CC1C1C3C=CC(C3)C21. The molecule has 7 unspecified atom stereocenters. The van der Waals surface area contributed by atoms with Crippen molar-refractivity contribution in [3.05, 3.63) is 12.2 Å². The molecule has 3 saturated carbocycles. The predicted molar refractivity (Wildman–Crippen MR) is 82.5 cm³/mol. The van der Waals surface area contributed by atoms with E-state index in [1.165, 1.54) is 19.3 Å². The van der Waals surface area contributed by atoms with Crippen molar-refractivity contribution in [2.24, 2.45) is 40.9 Å². The average Bonchev–Trinajstić information content (AvgIpc) is 2.99. The van der Waals surface area contributed by atoms with Gasteiger partial charge in [-0.15, -0.1) is 0 Å². The zero-order valence-electron chi connectivity index (χ0n) is 13.8. The van der Waals surface area contributed by atoms with E-state index < -0.39 is 0 Å². The van der Waals surface area contributed by atoms with Gasteiger partial charge in [-0.1, -0.05) is 19.1 Å². The molecule has 4 rings (SSSR count). The van der Waals surface area contributed by atoms with Gasteiger partial charge in [0.05, 0.1) is 6.42 Å². The third-order valence-corrected chi connectivity index (χ3v) is 6.74. The number of rotatable bonds is 2. The first-order valence-electron chi connectivity index (χ1n) is 8.67. The third-order valence-electron chi connectivity index (χ3n) is 6.74. The van der Waals surface area contributed by atoms with Crippen molar-refractivity contribution in [1.82, 2.24) is 0 Å². The zero-order valence-corrected chi connectivity index (χ0v) is 13.8. The molecule has 0 saturated heterocycles. The normalized spacial score (nSPS) is 49.7. The number of esters is 1. The van der Waals surface area contributed by atoms with Crippen LogP contribution in [-0.4, -0.2) is 11.6 Å². The van der Waals surface area contributed by atoms with Gasteiger partial charge in [0.25, 0.3) is 0 Å². The standard InChI is InChI=1S/C19H28O2/c1-18(2,3)21-15(20)10-19(4)9-13-8-14(19)17-12-6-5-11(7-12)16(13)17/h5-6,11-14,16-17H,7-10H2,1-4H3. The Morgan fingerprint density at radius 2 is 1.86 bits per heavy atom. The van der Waals surface area contributed by atoms with Crippen molar-refractivity contribution >= 4 is 5.97 Å². The molecule has 0 aromatic rings. The summed E-state index contributed by atoms with van der Waals surface area (Å²) in [5.74, 6) is 5.11. The van der Waals surface area contributed by atoms with Crippen LogP contribution in [0.4, 0.5) is 0 Å². The van der Waals surface area contributed by atoms with Crippen LogP contribution in [0.15, 0.2) is 12.2 Å². The van der Waals surface area contributed by atoms with E-state index in [0.717, 1.165) is 35.5 Å². The van der Waals surface area contributed by atoms with Gasteiger partial charge in [-0.3, -0.25) is 4.79 Å². The molecule has 0 aromatic carbocycles. The lowest BCUT2D eigenvalue weighted by atomic mass is 9.61. The highest BCUT2D eigenvalue weighted by Crippen LogP contribution is 2.71. The fourth-order valence-corrected chi connectivity index (χ4v) is 6.40. The Balaban J connectivity index is 1.50. The molecule has 0 heterocycles. The summed E-state index contributed by atoms with van der Waals surface area (Å²) in [6.45, 7) is 8.24. The summed E-state index contributed by atoms with van der Waals surface area (Å²) in [5.41, 5.74) is -0.171. The molecule has 0 aromatic heterocycles. The quantitative estimate of drug-likeness (QED) is 0.432. The van der Waals surface area contributed by atoms with Gasteiger partial charge in [0.2, 0.25) is 0 Å². The molecule has 0 N–H and O–H groups in total. The number of carbonyl (C=O) groups is 1. The smallest absolute Gasteiger partial charge is 0.306 e. The summed E-state index contributed by atoms with van der Waals surface area (Å²) in [5, 5.41) is 0. The van der Waals surface area contributed by atoms with Gasteiger partial charge < -0.3 is 4.74 Å². The van der Waals surface area contributed by atoms with Crippen LogP contribution in [0, 0.1) is 40.9 Å². The zero-order chi connectivity index (χ0) is 15.0. The van der Waals surface area contributed by atoms with E-state index in [2.05, 4.69) is 19.1 Å². The van der Waals surface area contributed by atoms with Crippen LogP contribution in [-0.2, 0) is 9.53 Å². The van der Waals surface area contributed by atoms with Gasteiger partial charge in [-0.25, -0.2) is 0 Å². The van der Waals surface area contributed by atoms with E-state index in [9.17, 15) is 4.79 Å². The fraction of sp³-hybridized carbons (Fsp3) is 0.842. The summed E-state index contributed by atoms with van der Waals surface area (Å²) in [4.78, 5) is 12.3. The molecule has 7 atom stereocenters. The van der Waals surface area contributed by atoms with E-state index in [1.54, 1.807) is 0 Å². The Morgan fingerprint density at radius 3 is 2.52 bits per heavy atom. The van der Waals surface area contributed by atoms with Crippen molar-refractivity contribution in [2.75, 3.05) is 0 Å². The number of ether oxygens (including phenoxy) is 1. The van der Waals surface area contributed by atoms with Crippen LogP contribution in [0.1, 0.15) is 53.4 Å². The van der Waals surface area contributed by atoms with E-state index >= 15 is 0 Å². The highest BCUT2D eigenvalue weighted by Gasteiger charge is 2.64. The molecule has 0 aliphatic heterocycles. The number of fused-ring (bicyclic) bond motifs is 9. The molecule has 0 amide bonds. The topological polar surface area (TPSA) is 26.3 Å². The maximum Gasteiger partial charge on any atom is 0.306 e. The molecule has 0 spiro atoms. The van der Waals surface area contributed by atoms with E-state index in [4.69, 9.17) is 4.74 Å². The maximum absolute atomic E-state index is 12.3. The summed E-state index contributed by atoms with van der Waals surface area (Å²) < 4.78 is 5.59. The largest absolute Gasteiger partial charge is 0.460 e. The molecule has 4 bridgehead atoms.